The molecule has 0 spiro atoms. The Morgan fingerprint density at radius 1 is 1.12 bits per heavy atom. The van der Waals surface area contributed by atoms with Crippen molar-refractivity contribution in [3.05, 3.63) is 29.8 Å². The summed E-state index contributed by atoms with van der Waals surface area (Å²) in [4.78, 5) is 23.3. The first-order valence-corrected chi connectivity index (χ1v) is 7.20. The van der Waals surface area contributed by atoms with Crippen LogP contribution < -0.4 is 0 Å². The van der Waals surface area contributed by atoms with Crippen molar-refractivity contribution in [3.63, 3.8) is 0 Å². The second kappa shape index (κ2) is 6.60. The fourth-order valence-electron chi connectivity index (χ4n) is 2.69. The molecule has 0 bridgehead atoms. The molecule has 0 heterocycles. The van der Waals surface area contributed by atoms with Crippen molar-refractivity contribution >= 4 is 17.8 Å². The molecule has 1 fully saturated rings. The molecule has 0 saturated heterocycles. The lowest BCUT2D eigenvalue weighted by molar-refractivity contribution is -0.179. The van der Waals surface area contributed by atoms with Crippen LogP contribution in [0, 0.1) is 5.92 Å². The number of carboxylic acids is 1. The third kappa shape index (κ3) is 3.56. The minimum Gasteiger partial charge on any atom is -0.504 e. The van der Waals surface area contributed by atoms with E-state index in [0.717, 1.165) is 6.08 Å². The van der Waals surface area contributed by atoms with Crippen molar-refractivity contribution in [2.24, 2.45) is 5.92 Å². The molecule has 130 valence electrons. The van der Waals surface area contributed by atoms with E-state index in [9.17, 15) is 35.1 Å². The number of aromatic hydroxyl groups is 2. The highest BCUT2D eigenvalue weighted by Gasteiger charge is 2.50. The van der Waals surface area contributed by atoms with Gasteiger partial charge in [-0.1, -0.05) is 12.1 Å². The molecule has 1 aromatic rings. The number of aliphatic carboxylic acids is 1. The number of phenolic OH excluding ortho intramolecular Hbond substituents is 2. The van der Waals surface area contributed by atoms with Crippen LogP contribution in [0.15, 0.2) is 24.3 Å². The molecule has 0 aromatic heterocycles. The van der Waals surface area contributed by atoms with Gasteiger partial charge in [0.1, 0.15) is 0 Å². The highest BCUT2D eigenvalue weighted by Crippen LogP contribution is 2.34. The van der Waals surface area contributed by atoms with Gasteiger partial charge >= 0.3 is 5.97 Å². The quantitative estimate of drug-likeness (QED) is 0.321. The van der Waals surface area contributed by atoms with Crippen LogP contribution in [-0.4, -0.2) is 60.2 Å². The van der Waals surface area contributed by atoms with Crippen LogP contribution in [-0.2, 0) is 9.59 Å². The normalized spacial score (nSPS) is 30.4. The van der Waals surface area contributed by atoms with Crippen LogP contribution in [0.5, 0.6) is 11.5 Å². The maximum atomic E-state index is 12.2. The average Bonchev–Trinajstić information content (AvgIpc) is 2.51. The number of benzene rings is 1. The molecule has 1 aliphatic rings. The number of aliphatic hydroxyl groups excluding tert-OH is 2. The van der Waals surface area contributed by atoms with Gasteiger partial charge < -0.3 is 30.6 Å². The summed E-state index contributed by atoms with van der Waals surface area (Å²) in [7, 11) is 0. The Kier molecular flexibility index (Phi) is 4.93. The van der Waals surface area contributed by atoms with E-state index in [0.29, 0.717) is 5.56 Å². The van der Waals surface area contributed by atoms with E-state index in [1.165, 1.54) is 24.3 Å². The van der Waals surface area contributed by atoms with Crippen molar-refractivity contribution in [2.45, 2.75) is 30.7 Å². The third-order valence-corrected chi connectivity index (χ3v) is 4.11. The Morgan fingerprint density at radius 3 is 2.38 bits per heavy atom. The molecule has 8 nitrogen and oxygen atoms in total. The van der Waals surface area contributed by atoms with Gasteiger partial charge in [-0.25, -0.2) is 4.79 Å². The molecule has 2 rings (SSSR count). The smallest absolute Gasteiger partial charge is 0.335 e. The minimum atomic E-state index is -2.29. The van der Waals surface area contributed by atoms with Crippen molar-refractivity contribution in [3.8, 4) is 11.5 Å². The highest BCUT2D eigenvalue weighted by atomic mass is 16.4. The van der Waals surface area contributed by atoms with Crippen LogP contribution in [0.2, 0.25) is 0 Å². The number of aliphatic hydroxyl groups is 3. The van der Waals surface area contributed by atoms with Gasteiger partial charge in [-0.2, -0.15) is 0 Å². The first-order valence-electron chi connectivity index (χ1n) is 7.20. The van der Waals surface area contributed by atoms with Gasteiger partial charge in [-0.05, 0) is 30.2 Å². The summed E-state index contributed by atoms with van der Waals surface area (Å²) in [6.07, 6.45) is -1.77. The Morgan fingerprint density at radius 2 is 1.79 bits per heavy atom. The van der Waals surface area contributed by atoms with Gasteiger partial charge in [-0.3, -0.25) is 4.79 Å². The van der Waals surface area contributed by atoms with Gasteiger partial charge in [0.05, 0.1) is 18.1 Å². The fraction of sp³-hybridized carbons (Fsp3) is 0.375. The first-order chi connectivity index (χ1) is 11.1. The van der Waals surface area contributed by atoms with E-state index >= 15 is 0 Å². The molecular formula is C16H18O8. The molecule has 0 amide bonds. The average molecular weight is 338 g/mol. The van der Waals surface area contributed by atoms with E-state index in [2.05, 4.69) is 0 Å². The lowest BCUT2D eigenvalue weighted by Gasteiger charge is -2.38. The molecule has 4 atom stereocenters. The second-order valence-electron chi connectivity index (χ2n) is 5.89. The standard InChI is InChI=1S/C16H18O8/c17-10(3-1-8-2-4-11(18)12(19)5-8)9-6-16(24,15(22)23)7-13(20)14(9)21/h1-5,9,13-14,18-21,24H,6-7H2,(H,22,23)/b3-1+/t9-,13+,14-,16+/m0/s1. The minimum absolute atomic E-state index is 0.323. The molecule has 0 aliphatic heterocycles. The summed E-state index contributed by atoms with van der Waals surface area (Å²) in [6, 6.07) is 3.86. The summed E-state index contributed by atoms with van der Waals surface area (Å²) >= 11 is 0. The number of ketones is 1. The predicted octanol–water partition coefficient (Wildman–Crippen LogP) is -0.372. The van der Waals surface area contributed by atoms with E-state index in [1.807, 2.05) is 0 Å². The maximum absolute atomic E-state index is 12.2. The van der Waals surface area contributed by atoms with Crippen molar-refractivity contribution in [2.75, 3.05) is 0 Å². The highest BCUT2D eigenvalue weighted by molar-refractivity contribution is 5.96. The lowest BCUT2D eigenvalue weighted by atomic mass is 9.73. The summed E-state index contributed by atoms with van der Waals surface area (Å²) < 4.78 is 0. The monoisotopic (exact) mass is 338 g/mol. The number of carbonyl (C=O) groups is 2. The number of hydrogen-bond acceptors (Lipinski definition) is 7. The van der Waals surface area contributed by atoms with E-state index in [1.54, 1.807) is 0 Å². The van der Waals surface area contributed by atoms with Gasteiger partial charge in [-0.15, -0.1) is 0 Å². The zero-order valence-electron chi connectivity index (χ0n) is 12.5. The SMILES string of the molecule is O=C(/C=C/c1ccc(O)c(O)c1)[C@@H]1C[C@](O)(C(=O)O)C[C@@H](O)[C@H]1O. The summed E-state index contributed by atoms with van der Waals surface area (Å²) in [6.45, 7) is 0. The summed E-state index contributed by atoms with van der Waals surface area (Å²) in [5.41, 5.74) is -1.90. The zero-order valence-corrected chi connectivity index (χ0v) is 12.5. The van der Waals surface area contributed by atoms with E-state index in [-0.39, 0.29) is 11.5 Å². The van der Waals surface area contributed by atoms with E-state index in [4.69, 9.17) is 5.11 Å². The largest absolute Gasteiger partial charge is 0.504 e. The van der Waals surface area contributed by atoms with Crippen LogP contribution in [0.3, 0.4) is 0 Å². The zero-order chi connectivity index (χ0) is 18.1. The number of allylic oxidation sites excluding steroid dienone is 1. The molecule has 0 unspecified atom stereocenters. The van der Waals surface area contributed by atoms with Gasteiger partial charge in [0.15, 0.2) is 22.9 Å². The van der Waals surface area contributed by atoms with Crippen molar-refractivity contribution in [1.29, 1.82) is 0 Å². The number of hydrogen-bond donors (Lipinski definition) is 6. The van der Waals surface area contributed by atoms with Crippen LogP contribution in [0.25, 0.3) is 6.08 Å². The molecule has 8 heteroatoms. The number of phenols is 2. The Balaban J connectivity index is 2.19. The topological polar surface area (TPSA) is 156 Å². The molecule has 1 aromatic carbocycles. The molecular weight excluding hydrogens is 320 g/mol. The lowest BCUT2D eigenvalue weighted by Crippen LogP contribution is -2.55. The predicted molar refractivity (Wildman–Crippen MR) is 81.1 cm³/mol. The Bertz CT molecular complexity index is 683. The summed E-state index contributed by atoms with van der Waals surface area (Å²) in [5.74, 6) is -4.22. The van der Waals surface area contributed by atoms with Crippen molar-refractivity contribution in [1.82, 2.24) is 0 Å². The maximum Gasteiger partial charge on any atom is 0.335 e. The molecule has 24 heavy (non-hydrogen) atoms. The van der Waals surface area contributed by atoms with Gasteiger partial charge in [0.2, 0.25) is 0 Å². The molecule has 6 N–H and O–H groups in total. The number of rotatable bonds is 4. The molecule has 1 saturated carbocycles. The van der Waals surface area contributed by atoms with Gasteiger partial charge in [0.25, 0.3) is 0 Å². The third-order valence-electron chi connectivity index (χ3n) is 4.11. The molecule has 0 radical (unpaired) electrons. The van der Waals surface area contributed by atoms with Crippen LogP contribution >= 0.6 is 0 Å². The Hall–Kier alpha value is -2.42. The van der Waals surface area contributed by atoms with Crippen molar-refractivity contribution < 1.29 is 40.2 Å². The number of carboxylic acid groups (broad SMARTS) is 1. The molecule has 1 aliphatic carbocycles. The van der Waals surface area contributed by atoms with Crippen LogP contribution in [0.4, 0.5) is 0 Å². The van der Waals surface area contributed by atoms with Gasteiger partial charge in [0, 0.05) is 6.42 Å². The number of carbonyl (C=O) groups excluding carboxylic acids is 1. The van der Waals surface area contributed by atoms with Crippen LogP contribution in [0.1, 0.15) is 18.4 Å². The Labute approximate surface area is 136 Å². The van der Waals surface area contributed by atoms with E-state index < -0.39 is 48.3 Å². The summed E-state index contributed by atoms with van der Waals surface area (Å²) in [5, 5.41) is 57.3. The first kappa shape index (κ1) is 17.9. The fourth-order valence-corrected chi connectivity index (χ4v) is 2.69. The second-order valence-corrected chi connectivity index (χ2v) is 5.89.